The van der Waals surface area contributed by atoms with Crippen molar-refractivity contribution in [2.45, 2.75) is 6.10 Å². The van der Waals surface area contributed by atoms with E-state index in [9.17, 15) is 14.0 Å². The number of carbonyl (C=O) groups is 2. The number of nitrogens with zero attached hydrogens (tertiary/aromatic N) is 1. The SMILES string of the molecule is COC(=O)C1=C(Nc2ccc(OC3COC3)c(F)c2)C(=O)N(CCO)C1. The smallest absolute Gasteiger partial charge is 0.337 e. The van der Waals surface area contributed by atoms with Crippen LogP contribution in [0, 0.1) is 5.82 Å². The van der Waals surface area contributed by atoms with E-state index in [0.29, 0.717) is 13.2 Å². The molecule has 2 aliphatic heterocycles. The maximum atomic E-state index is 14.2. The summed E-state index contributed by atoms with van der Waals surface area (Å²) in [5, 5.41) is 11.8. The Morgan fingerprint density at radius 2 is 2.23 bits per heavy atom. The number of ether oxygens (including phenoxy) is 3. The summed E-state index contributed by atoms with van der Waals surface area (Å²) in [6.45, 7) is 0.696. The maximum Gasteiger partial charge on any atom is 0.337 e. The zero-order valence-corrected chi connectivity index (χ0v) is 14.2. The molecular weight excluding hydrogens is 347 g/mol. The number of rotatable bonds is 7. The van der Waals surface area contributed by atoms with Gasteiger partial charge in [0.25, 0.3) is 5.91 Å². The third-order valence-electron chi connectivity index (χ3n) is 4.06. The van der Waals surface area contributed by atoms with Crippen molar-refractivity contribution in [3.63, 3.8) is 0 Å². The Kier molecular flexibility index (Phi) is 5.38. The number of hydrogen-bond donors (Lipinski definition) is 2. The van der Waals surface area contributed by atoms with Crippen molar-refractivity contribution >= 4 is 17.6 Å². The minimum atomic E-state index is -0.660. The average molecular weight is 366 g/mol. The van der Waals surface area contributed by atoms with Crippen LogP contribution in [0.4, 0.5) is 10.1 Å². The molecule has 0 saturated carbocycles. The highest BCUT2D eigenvalue weighted by molar-refractivity contribution is 6.08. The van der Waals surface area contributed by atoms with E-state index in [1.807, 2.05) is 0 Å². The first kappa shape index (κ1) is 18.2. The van der Waals surface area contributed by atoms with Gasteiger partial charge in [0.1, 0.15) is 11.8 Å². The Morgan fingerprint density at radius 3 is 2.81 bits per heavy atom. The molecule has 1 amide bonds. The Morgan fingerprint density at radius 1 is 1.46 bits per heavy atom. The Bertz CT molecular complexity index is 747. The van der Waals surface area contributed by atoms with Gasteiger partial charge in [0.05, 0.1) is 39.0 Å². The summed E-state index contributed by atoms with van der Waals surface area (Å²) in [7, 11) is 1.21. The van der Waals surface area contributed by atoms with Crippen molar-refractivity contribution in [3.8, 4) is 5.75 Å². The van der Waals surface area contributed by atoms with Crippen LogP contribution in [0.3, 0.4) is 0 Å². The maximum absolute atomic E-state index is 14.2. The van der Waals surface area contributed by atoms with Crippen LogP contribution in [0.5, 0.6) is 5.75 Å². The monoisotopic (exact) mass is 366 g/mol. The average Bonchev–Trinajstić information content (AvgIpc) is 2.89. The van der Waals surface area contributed by atoms with E-state index in [1.165, 1.54) is 24.1 Å². The van der Waals surface area contributed by atoms with Gasteiger partial charge >= 0.3 is 5.97 Å². The van der Waals surface area contributed by atoms with E-state index in [1.54, 1.807) is 6.07 Å². The number of nitrogens with one attached hydrogen (secondary N) is 1. The number of carbonyl (C=O) groups excluding carboxylic acids is 2. The molecule has 9 heteroatoms. The molecule has 0 aliphatic carbocycles. The van der Waals surface area contributed by atoms with Crippen molar-refractivity contribution in [2.75, 3.05) is 45.3 Å². The molecule has 1 aromatic carbocycles. The van der Waals surface area contributed by atoms with Gasteiger partial charge in [0.2, 0.25) is 0 Å². The predicted molar refractivity (Wildman–Crippen MR) is 88.0 cm³/mol. The fraction of sp³-hybridized carbons (Fsp3) is 0.412. The van der Waals surface area contributed by atoms with Crippen molar-refractivity contribution < 1.29 is 33.3 Å². The fourth-order valence-electron chi connectivity index (χ4n) is 2.63. The summed E-state index contributed by atoms with van der Waals surface area (Å²) in [4.78, 5) is 25.7. The number of aliphatic hydroxyl groups is 1. The van der Waals surface area contributed by atoms with Crippen LogP contribution in [0.15, 0.2) is 29.5 Å². The number of halogens is 1. The number of aliphatic hydroxyl groups excluding tert-OH is 1. The lowest BCUT2D eigenvalue weighted by molar-refractivity contribution is -0.136. The number of methoxy groups -OCH3 is 1. The number of benzene rings is 1. The van der Waals surface area contributed by atoms with E-state index < -0.39 is 17.7 Å². The Balaban J connectivity index is 1.79. The van der Waals surface area contributed by atoms with Gasteiger partial charge < -0.3 is 29.5 Å². The highest BCUT2D eigenvalue weighted by Gasteiger charge is 2.34. The number of anilines is 1. The summed E-state index contributed by atoms with van der Waals surface area (Å²) in [5.41, 5.74) is 0.416. The van der Waals surface area contributed by atoms with Crippen molar-refractivity contribution in [1.29, 1.82) is 0 Å². The van der Waals surface area contributed by atoms with E-state index in [4.69, 9.17) is 19.3 Å². The summed E-state index contributed by atoms with van der Waals surface area (Å²) in [5.74, 6) is -1.64. The van der Waals surface area contributed by atoms with Crippen molar-refractivity contribution in [1.82, 2.24) is 4.90 Å². The lowest BCUT2D eigenvalue weighted by atomic mass is 10.2. The van der Waals surface area contributed by atoms with Crippen LogP contribution in [0.25, 0.3) is 0 Å². The Labute approximate surface area is 149 Å². The van der Waals surface area contributed by atoms with Gasteiger partial charge in [-0.3, -0.25) is 4.79 Å². The van der Waals surface area contributed by atoms with Crippen LogP contribution in [-0.4, -0.2) is 68.0 Å². The molecule has 1 aromatic rings. The van der Waals surface area contributed by atoms with Crippen LogP contribution in [0.2, 0.25) is 0 Å². The molecule has 1 fully saturated rings. The molecule has 0 spiro atoms. The second kappa shape index (κ2) is 7.71. The summed E-state index contributed by atoms with van der Waals surface area (Å²) < 4.78 is 29.3. The second-order valence-electron chi connectivity index (χ2n) is 5.84. The van der Waals surface area contributed by atoms with Gasteiger partial charge in [-0.25, -0.2) is 9.18 Å². The molecule has 3 rings (SSSR count). The second-order valence-corrected chi connectivity index (χ2v) is 5.84. The van der Waals surface area contributed by atoms with E-state index >= 15 is 0 Å². The summed E-state index contributed by atoms with van der Waals surface area (Å²) in [6, 6.07) is 4.17. The highest BCUT2D eigenvalue weighted by atomic mass is 19.1. The first-order chi connectivity index (χ1) is 12.5. The zero-order valence-electron chi connectivity index (χ0n) is 14.2. The standard InChI is InChI=1S/C17H19FN2O6/c1-24-17(23)12-7-20(4-5-21)16(22)15(12)19-10-2-3-14(13(18)6-10)26-11-8-25-9-11/h2-3,6,11,19,21H,4-5,7-9H2,1H3. The minimum absolute atomic E-state index is 0.00533. The zero-order chi connectivity index (χ0) is 18.7. The number of esters is 1. The molecule has 1 saturated heterocycles. The predicted octanol–water partition coefficient (Wildman–Crippen LogP) is 0.277. The van der Waals surface area contributed by atoms with Crippen LogP contribution in [-0.2, 0) is 19.1 Å². The molecule has 0 atom stereocenters. The fourth-order valence-corrected chi connectivity index (χ4v) is 2.63. The molecular formula is C17H19FN2O6. The highest BCUT2D eigenvalue weighted by Crippen LogP contribution is 2.27. The molecule has 26 heavy (non-hydrogen) atoms. The number of amides is 1. The van der Waals surface area contributed by atoms with Gasteiger partial charge in [0.15, 0.2) is 11.6 Å². The molecule has 0 radical (unpaired) electrons. The summed E-state index contributed by atoms with van der Waals surface area (Å²) in [6.07, 6.45) is -0.166. The van der Waals surface area contributed by atoms with Crippen LogP contribution >= 0.6 is 0 Å². The molecule has 2 N–H and O–H groups in total. The lowest BCUT2D eigenvalue weighted by Gasteiger charge is -2.26. The molecule has 0 unspecified atom stereocenters. The van der Waals surface area contributed by atoms with E-state index in [-0.39, 0.29) is 48.5 Å². The number of hydrogen-bond acceptors (Lipinski definition) is 7. The third-order valence-corrected chi connectivity index (χ3v) is 4.06. The van der Waals surface area contributed by atoms with Gasteiger partial charge in [-0.2, -0.15) is 0 Å². The first-order valence-electron chi connectivity index (χ1n) is 8.06. The molecule has 8 nitrogen and oxygen atoms in total. The van der Waals surface area contributed by atoms with Gasteiger partial charge in [-0.05, 0) is 12.1 Å². The van der Waals surface area contributed by atoms with Crippen molar-refractivity contribution in [3.05, 3.63) is 35.3 Å². The van der Waals surface area contributed by atoms with Gasteiger partial charge in [0, 0.05) is 18.3 Å². The van der Waals surface area contributed by atoms with Crippen LogP contribution in [0.1, 0.15) is 0 Å². The van der Waals surface area contributed by atoms with E-state index in [2.05, 4.69) is 5.32 Å². The molecule has 0 aromatic heterocycles. The minimum Gasteiger partial charge on any atom is -0.483 e. The largest absolute Gasteiger partial charge is 0.483 e. The summed E-state index contributed by atoms with van der Waals surface area (Å²) >= 11 is 0. The van der Waals surface area contributed by atoms with Crippen molar-refractivity contribution in [2.24, 2.45) is 0 Å². The molecule has 0 bridgehead atoms. The third kappa shape index (κ3) is 3.63. The normalized spacial score (nSPS) is 17.3. The van der Waals surface area contributed by atoms with E-state index in [0.717, 1.165) is 0 Å². The molecule has 140 valence electrons. The molecule has 2 aliphatic rings. The lowest BCUT2D eigenvalue weighted by Crippen LogP contribution is -2.38. The van der Waals surface area contributed by atoms with Crippen LogP contribution < -0.4 is 10.1 Å². The topological polar surface area (TPSA) is 97.3 Å². The van der Waals surface area contributed by atoms with Gasteiger partial charge in [-0.1, -0.05) is 0 Å². The first-order valence-corrected chi connectivity index (χ1v) is 8.06. The number of β-amino-alcohol motifs (C(OH)–C–C–N with tert-alkyl or cyclic N) is 1. The quantitative estimate of drug-likeness (QED) is 0.669. The molecule has 2 heterocycles. The Hall–Kier alpha value is -2.65. The van der Waals surface area contributed by atoms with Gasteiger partial charge in [-0.15, -0.1) is 0 Å².